The molecule has 0 spiro atoms. The van der Waals surface area contributed by atoms with Crippen molar-refractivity contribution in [2.75, 3.05) is 21.3 Å². The Bertz CT molecular complexity index is 814. The summed E-state index contributed by atoms with van der Waals surface area (Å²) in [7, 11) is 4.66. The van der Waals surface area contributed by atoms with Gasteiger partial charge in [-0.3, -0.25) is 0 Å². The monoisotopic (exact) mass is 344 g/mol. The molecule has 132 valence electrons. The maximum Gasteiger partial charge on any atom is 0.335 e. The van der Waals surface area contributed by atoms with Gasteiger partial charge in [-0.1, -0.05) is 13.0 Å². The molecule has 3 rings (SSSR count). The van der Waals surface area contributed by atoms with Crippen LogP contribution in [0.15, 0.2) is 30.3 Å². The third-order valence-corrected chi connectivity index (χ3v) is 4.48. The van der Waals surface area contributed by atoms with E-state index in [1.165, 1.54) is 13.2 Å². The fourth-order valence-electron chi connectivity index (χ4n) is 3.14. The van der Waals surface area contributed by atoms with Crippen molar-refractivity contribution in [3.05, 3.63) is 47.0 Å². The number of fused-ring (bicyclic) bond motifs is 1. The average molecular weight is 344 g/mol. The van der Waals surface area contributed by atoms with Crippen LogP contribution >= 0.6 is 0 Å². The number of hydrogen-bond acceptors (Lipinski definition) is 5. The molecular weight excluding hydrogens is 324 g/mol. The second-order valence-corrected chi connectivity index (χ2v) is 5.84. The van der Waals surface area contributed by atoms with Gasteiger partial charge in [0.15, 0.2) is 23.0 Å². The van der Waals surface area contributed by atoms with Crippen LogP contribution in [-0.2, 0) is 0 Å². The molecule has 1 N–H and O–H groups in total. The van der Waals surface area contributed by atoms with Crippen LogP contribution in [0.4, 0.5) is 0 Å². The molecule has 1 heterocycles. The molecule has 0 amide bonds. The van der Waals surface area contributed by atoms with E-state index >= 15 is 0 Å². The lowest BCUT2D eigenvalue weighted by Gasteiger charge is -2.18. The van der Waals surface area contributed by atoms with Gasteiger partial charge in [0, 0.05) is 11.5 Å². The zero-order valence-corrected chi connectivity index (χ0v) is 14.5. The highest BCUT2D eigenvalue weighted by Gasteiger charge is 2.36. The van der Waals surface area contributed by atoms with Gasteiger partial charge in [0.25, 0.3) is 0 Å². The van der Waals surface area contributed by atoms with Gasteiger partial charge >= 0.3 is 5.97 Å². The van der Waals surface area contributed by atoms with Crippen LogP contribution in [-0.4, -0.2) is 32.4 Å². The fourth-order valence-corrected chi connectivity index (χ4v) is 3.14. The summed E-state index contributed by atoms with van der Waals surface area (Å²) in [5.74, 6) is 1.22. The first-order chi connectivity index (χ1) is 12.0. The molecule has 2 atom stereocenters. The number of carboxylic acid groups (broad SMARTS) is 1. The van der Waals surface area contributed by atoms with Crippen LogP contribution in [0.2, 0.25) is 0 Å². The highest BCUT2D eigenvalue weighted by molar-refractivity contribution is 5.89. The molecule has 2 aromatic carbocycles. The van der Waals surface area contributed by atoms with E-state index in [-0.39, 0.29) is 17.6 Å². The van der Waals surface area contributed by atoms with Gasteiger partial charge in [-0.2, -0.15) is 0 Å². The summed E-state index contributed by atoms with van der Waals surface area (Å²) < 4.78 is 22.1. The van der Waals surface area contributed by atoms with Crippen molar-refractivity contribution < 1.29 is 28.8 Å². The van der Waals surface area contributed by atoms with Gasteiger partial charge in [0.2, 0.25) is 0 Å². The predicted molar refractivity (Wildman–Crippen MR) is 91.3 cm³/mol. The van der Waals surface area contributed by atoms with Crippen molar-refractivity contribution in [3.8, 4) is 23.0 Å². The molecule has 0 aromatic heterocycles. The first kappa shape index (κ1) is 17.0. The molecule has 25 heavy (non-hydrogen) atoms. The molecule has 0 radical (unpaired) electrons. The molecule has 1 aliphatic rings. The Kier molecular flexibility index (Phi) is 4.44. The minimum absolute atomic E-state index is 0.0405. The van der Waals surface area contributed by atoms with Crippen LogP contribution in [0.3, 0.4) is 0 Å². The molecule has 6 nitrogen and oxygen atoms in total. The number of hydrogen-bond donors (Lipinski definition) is 1. The van der Waals surface area contributed by atoms with E-state index in [0.29, 0.717) is 23.0 Å². The van der Waals surface area contributed by atoms with Gasteiger partial charge in [-0.05, 0) is 29.8 Å². The van der Waals surface area contributed by atoms with Gasteiger partial charge < -0.3 is 24.1 Å². The van der Waals surface area contributed by atoms with Crippen LogP contribution in [0, 0.1) is 0 Å². The first-order valence-corrected chi connectivity index (χ1v) is 7.84. The number of benzene rings is 2. The lowest BCUT2D eigenvalue weighted by molar-refractivity contribution is 0.0696. The summed E-state index contributed by atoms with van der Waals surface area (Å²) >= 11 is 0. The average Bonchev–Trinajstić information content (AvgIpc) is 2.97. The Morgan fingerprint density at radius 2 is 1.68 bits per heavy atom. The van der Waals surface area contributed by atoms with Gasteiger partial charge in [0.05, 0.1) is 26.9 Å². The van der Waals surface area contributed by atoms with Crippen LogP contribution < -0.4 is 18.9 Å². The Morgan fingerprint density at radius 3 is 2.28 bits per heavy atom. The quantitative estimate of drug-likeness (QED) is 0.892. The fraction of sp³-hybridized carbons (Fsp3) is 0.316. The first-order valence-electron chi connectivity index (χ1n) is 7.84. The summed E-state index contributed by atoms with van der Waals surface area (Å²) in [6.07, 6.45) is -0.271. The van der Waals surface area contributed by atoms with Crippen molar-refractivity contribution in [2.24, 2.45) is 0 Å². The molecule has 0 saturated heterocycles. The Labute approximate surface area is 145 Å². The van der Waals surface area contributed by atoms with Crippen LogP contribution in [0.5, 0.6) is 23.0 Å². The lowest BCUT2D eigenvalue weighted by atomic mass is 9.91. The van der Waals surface area contributed by atoms with Gasteiger partial charge in [-0.25, -0.2) is 4.79 Å². The van der Waals surface area contributed by atoms with E-state index in [9.17, 15) is 9.90 Å². The highest BCUT2D eigenvalue weighted by atomic mass is 16.5. The Balaban J connectivity index is 2.03. The molecular formula is C19H20O6. The molecule has 0 aliphatic carbocycles. The third-order valence-electron chi connectivity index (χ3n) is 4.48. The van der Waals surface area contributed by atoms with E-state index in [4.69, 9.17) is 18.9 Å². The molecule has 2 aromatic rings. The third kappa shape index (κ3) is 2.84. The zero-order chi connectivity index (χ0) is 18.1. The summed E-state index contributed by atoms with van der Waals surface area (Å²) in [4.78, 5) is 11.4. The SMILES string of the molecule is COc1ccc([C@@H]2Oc3c(OC)cc(C(=O)O)cc3[C@H]2C)cc1OC. The van der Waals surface area contributed by atoms with E-state index in [0.717, 1.165) is 11.1 Å². The van der Waals surface area contributed by atoms with E-state index in [1.807, 2.05) is 25.1 Å². The maximum absolute atomic E-state index is 11.4. The highest BCUT2D eigenvalue weighted by Crippen LogP contribution is 2.51. The summed E-state index contributed by atoms with van der Waals surface area (Å²) in [6, 6.07) is 8.74. The Morgan fingerprint density at radius 1 is 1.00 bits per heavy atom. The maximum atomic E-state index is 11.4. The van der Waals surface area contributed by atoms with E-state index in [2.05, 4.69) is 0 Å². The van der Waals surface area contributed by atoms with E-state index < -0.39 is 5.97 Å². The number of ether oxygens (including phenoxy) is 4. The number of rotatable bonds is 5. The molecule has 0 unspecified atom stereocenters. The molecule has 6 heteroatoms. The number of carbonyl (C=O) groups is 1. The standard InChI is InChI=1S/C19H20O6/c1-10-13-7-12(19(20)21)9-16(24-4)18(13)25-17(10)11-5-6-14(22-2)15(8-11)23-3/h5-10,17H,1-4H3,(H,20,21)/t10-,17-/m1/s1. The van der Waals surface area contributed by atoms with Crippen molar-refractivity contribution in [3.63, 3.8) is 0 Å². The zero-order valence-electron chi connectivity index (χ0n) is 14.5. The minimum atomic E-state index is -0.997. The van der Waals surface area contributed by atoms with Crippen molar-refractivity contribution in [1.29, 1.82) is 0 Å². The number of methoxy groups -OCH3 is 3. The normalized spacial score (nSPS) is 18.2. The van der Waals surface area contributed by atoms with Crippen molar-refractivity contribution in [1.82, 2.24) is 0 Å². The lowest BCUT2D eigenvalue weighted by Crippen LogP contribution is -2.08. The van der Waals surface area contributed by atoms with Gasteiger partial charge in [0.1, 0.15) is 6.10 Å². The Hall–Kier alpha value is -2.89. The molecule has 0 bridgehead atoms. The minimum Gasteiger partial charge on any atom is -0.493 e. The second-order valence-electron chi connectivity index (χ2n) is 5.84. The number of carboxylic acids is 1. The molecule has 1 aliphatic heterocycles. The molecule has 0 fully saturated rings. The van der Waals surface area contributed by atoms with E-state index in [1.54, 1.807) is 20.3 Å². The van der Waals surface area contributed by atoms with Crippen molar-refractivity contribution >= 4 is 5.97 Å². The number of aromatic carboxylic acids is 1. The topological polar surface area (TPSA) is 74.2 Å². The second kappa shape index (κ2) is 6.55. The van der Waals surface area contributed by atoms with Crippen LogP contribution in [0.25, 0.3) is 0 Å². The largest absolute Gasteiger partial charge is 0.493 e. The smallest absolute Gasteiger partial charge is 0.335 e. The molecule has 0 saturated carbocycles. The summed E-state index contributed by atoms with van der Waals surface area (Å²) in [6.45, 7) is 2.00. The van der Waals surface area contributed by atoms with Gasteiger partial charge in [-0.15, -0.1) is 0 Å². The predicted octanol–water partition coefficient (Wildman–Crippen LogP) is 3.65. The summed E-state index contributed by atoms with van der Waals surface area (Å²) in [5.41, 5.74) is 1.91. The van der Waals surface area contributed by atoms with Crippen molar-refractivity contribution in [2.45, 2.75) is 18.9 Å². The summed E-state index contributed by atoms with van der Waals surface area (Å²) in [5, 5.41) is 9.30. The van der Waals surface area contributed by atoms with Crippen LogP contribution in [0.1, 0.15) is 40.4 Å².